The van der Waals surface area contributed by atoms with Gasteiger partial charge >= 0.3 is 0 Å². The van der Waals surface area contributed by atoms with Crippen molar-refractivity contribution in [1.82, 2.24) is 10.1 Å². The minimum absolute atomic E-state index is 1.06. The van der Waals surface area contributed by atoms with E-state index in [1.165, 1.54) is 6.33 Å². The van der Waals surface area contributed by atoms with Crippen LogP contribution < -0.4 is 4.68 Å². The van der Waals surface area contributed by atoms with Crippen LogP contribution in [0.3, 0.4) is 0 Å². The Labute approximate surface area is 48.0 Å². The van der Waals surface area contributed by atoms with E-state index >= 15 is 0 Å². The Morgan fingerprint density at radius 1 is 1.62 bits per heavy atom. The zero-order chi connectivity index (χ0) is 5.98. The van der Waals surface area contributed by atoms with Crippen molar-refractivity contribution in [3.63, 3.8) is 0 Å². The van der Waals surface area contributed by atoms with Crippen molar-refractivity contribution in [3.05, 3.63) is 18.2 Å². The normalized spacial score (nSPS) is 9.25. The molecule has 8 heavy (non-hydrogen) atoms. The Balaban J connectivity index is 3.13. The molecule has 0 aliphatic heterocycles. The molecule has 3 nitrogen and oxygen atoms in total. The fourth-order valence-electron chi connectivity index (χ4n) is 0.423. The topological polar surface area (TPSA) is 29.7 Å². The Kier molecular flexibility index (Phi) is 1.20. The second-order valence-corrected chi connectivity index (χ2v) is 1.67. The summed E-state index contributed by atoms with van der Waals surface area (Å²) >= 11 is 0. The lowest BCUT2D eigenvalue weighted by Crippen LogP contribution is -2.36. The largest absolute Gasteiger partial charge is 0.232 e. The van der Waals surface area contributed by atoms with Gasteiger partial charge in [-0.1, -0.05) is 4.68 Å². The summed E-state index contributed by atoms with van der Waals surface area (Å²) in [5.41, 5.74) is 1.06. The molecule has 1 aromatic heterocycles. The molecule has 42 valence electrons. The van der Waals surface area contributed by atoms with Crippen LogP contribution in [0.15, 0.2) is 12.5 Å². The highest BCUT2D eigenvalue weighted by Crippen LogP contribution is 1.75. The van der Waals surface area contributed by atoms with Gasteiger partial charge in [0.2, 0.25) is 5.69 Å². The van der Waals surface area contributed by atoms with E-state index < -0.39 is 0 Å². The summed E-state index contributed by atoms with van der Waals surface area (Å²) in [5.74, 6) is 0. The number of rotatable bonds is 0. The summed E-state index contributed by atoms with van der Waals surface area (Å²) in [6.45, 7) is 1.96. The van der Waals surface area contributed by atoms with Crippen LogP contribution in [0.2, 0.25) is 0 Å². The van der Waals surface area contributed by atoms with E-state index in [2.05, 4.69) is 10.1 Å². The number of aryl methyl sites for hydroxylation is 2. The average molecular weight is 110 g/mol. The van der Waals surface area contributed by atoms with Crippen molar-refractivity contribution < 1.29 is 4.68 Å². The molecule has 3 heteroatoms. The smallest absolute Gasteiger partial charge is 0.223 e. The van der Waals surface area contributed by atoms with E-state index in [9.17, 15) is 0 Å². The fourth-order valence-corrected chi connectivity index (χ4v) is 0.423. The molecule has 0 bridgehead atoms. The third-order valence-electron chi connectivity index (χ3n) is 1.06. The first kappa shape index (κ1) is 5.15. The highest BCUT2D eigenvalue weighted by molar-refractivity contribution is 4.76. The molecule has 1 aromatic rings. The Hall–Kier alpha value is -0.990. The third-order valence-corrected chi connectivity index (χ3v) is 1.06. The maximum atomic E-state index is 3.88. The molecule has 0 N–H and O–H groups in total. The summed E-state index contributed by atoms with van der Waals surface area (Å²) < 4.78 is 1.77. The van der Waals surface area contributed by atoms with Gasteiger partial charge in [-0.15, -0.1) is 0 Å². The molecule has 1 heterocycles. The van der Waals surface area contributed by atoms with Crippen molar-refractivity contribution >= 4 is 0 Å². The van der Waals surface area contributed by atoms with E-state index in [1.54, 1.807) is 10.9 Å². The second kappa shape index (κ2) is 1.86. The van der Waals surface area contributed by atoms with E-state index in [0.29, 0.717) is 0 Å². The van der Waals surface area contributed by atoms with Crippen LogP contribution in [-0.2, 0) is 7.05 Å². The van der Waals surface area contributed by atoms with Gasteiger partial charge in [-0.25, -0.2) is 4.98 Å². The lowest BCUT2D eigenvalue weighted by Gasteiger charge is -1.83. The van der Waals surface area contributed by atoms with Gasteiger partial charge in [0.15, 0.2) is 13.4 Å². The number of aromatic nitrogens is 3. The van der Waals surface area contributed by atoms with Gasteiger partial charge in [-0.3, -0.25) is 0 Å². The lowest BCUT2D eigenvalue weighted by atomic mass is 10.5. The number of hydrogen-bond donors (Lipinski definition) is 0. The molecule has 0 spiro atoms. The van der Waals surface area contributed by atoms with Gasteiger partial charge in [-0.2, -0.15) is 0 Å². The monoisotopic (exact) mass is 110 g/mol. The molecule has 1 rings (SSSR count). The molecular weight excluding hydrogens is 102 g/mol. The predicted molar refractivity (Wildman–Crippen MR) is 27.9 cm³/mol. The molecule has 0 radical (unpaired) electrons. The van der Waals surface area contributed by atoms with Crippen LogP contribution in [0.1, 0.15) is 5.69 Å². The van der Waals surface area contributed by atoms with Crippen molar-refractivity contribution in [2.45, 2.75) is 6.92 Å². The van der Waals surface area contributed by atoms with Gasteiger partial charge in [-0.05, 0) is 0 Å². The summed E-state index contributed by atoms with van der Waals surface area (Å²) in [6.07, 6.45) is 3.29. The Morgan fingerprint density at radius 3 is 2.75 bits per heavy atom. The zero-order valence-electron chi connectivity index (χ0n) is 5.00. The standard InChI is InChI=1S/C5H8N3/c1-5-3-6-4-7-8(5)2/h3-4H,1-2H3/q+1. The predicted octanol–water partition coefficient (Wildman–Crippen LogP) is -0.390. The maximum Gasteiger partial charge on any atom is 0.223 e. The molecule has 0 amide bonds. The van der Waals surface area contributed by atoms with Crippen LogP contribution in [0, 0.1) is 6.92 Å². The van der Waals surface area contributed by atoms with Crippen molar-refractivity contribution in [3.8, 4) is 0 Å². The molecule has 0 aromatic carbocycles. The molecule has 0 aliphatic rings. The molecular formula is C5H8N3+. The average Bonchev–Trinajstić information content (AvgIpc) is 1.77. The summed E-state index contributed by atoms with van der Waals surface area (Å²) in [7, 11) is 1.89. The minimum Gasteiger partial charge on any atom is -0.232 e. The summed E-state index contributed by atoms with van der Waals surface area (Å²) in [4.78, 5) is 3.81. The number of nitrogens with zero attached hydrogens (tertiary/aromatic N) is 3. The van der Waals surface area contributed by atoms with Crippen LogP contribution in [-0.4, -0.2) is 10.1 Å². The van der Waals surface area contributed by atoms with Crippen LogP contribution >= 0.6 is 0 Å². The van der Waals surface area contributed by atoms with Crippen LogP contribution in [0.25, 0.3) is 0 Å². The zero-order valence-corrected chi connectivity index (χ0v) is 5.00. The van der Waals surface area contributed by atoms with E-state index in [-0.39, 0.29) is 0 Å². The van der Waals surface area contributed by atoms with E-state index in [0.717, 1.165) is 5.69 Å². The molecule has 0 saturated heterocycles. The molecule has 0 saturated carbocycles. The molecule has 0 atom stereocenters. The first-order valence-electron chi connectivity index (χ1n) is 2.43. The quantitative estimate of drug-likeness (QED) is 0.426. The Bertz CT molecular complexity index is 164. The van der Waals surface area contributed by atoms with Crippen LogP contribution in [0.4, 0.5) is 0 Å². The second-order valence-electron chi connectivity index (χ2n) is 1.67. The number of hydrogen-bond acceptors (Lipinski definition) is 2. The minimum atomic E-state index is 1.06. The summed E-state index contributed by atoms with van der Waals surface area (Å²) in [6, 6.07) is 0. The fraction of sp³-hybridized carbons (Fsp3) is 0.400. The van der Waals surface area contributed by atoms with Gasteiger partial charge < -0.3 is 0 Å². The highest BCUT2D eigenvalue weighted by Gasteiger charge is 1.95. The van der Waals surface area contributed by atoms with E-state index in [4.69, 9.17) is 0 Å². The van der Waals surface area contributed by atoms with Gasteiger partial charge in [0.1, 0.15) is 0 Å². The van der Waals surface area contributed by atoms with Crippen LogP contribution in [0.5, 0.6) is 0 Å². The van der Waals surface area contributed by atoms with Gasteiger partial charge in [0, 0.05) is 12.0 Å². The van der Waals surface area contributed by atoms with Crippen molar-refractivity contribution in [2.24, 2.45) is 7.05 Å². The molecule has 0 unspecified atom stereocenters. The van der Waals surface area contributed by atoms with Crippen molar-refractivity contribution in [2.75, 3.05) is 0 Å². The van der Waals surface area contributed by atoms with Gasteiger partial charge in [0.05, 0.1) is 6.20 Å². The molecule has 0 fully saturated rings. The van der Waals surface area contributed by atoms with Gasteiger partial charge in [0.25, 0.3) is 0 Å². The molecule has 0 aliphatic carbocycles. The lowest BCUT2D eigenvalue weighted by molar-refractivity contribution is -0.737. The Morgan fingerprint density at radius 2 is 2.38 bits per heavy atom. The summed E-state index contributed by atoms with van der Waals surface area (Å²) in [5, 5.41) is 3.88. The first-order valence-corrected chi connectivity index (χ1v) is 2.43. The highest BCUT2D eigenvalue weighted by atomic mass is 15.3. The maximum absolute atomic E-state index is 3.88. The third kappa shape index (κ3) is 0.804. The first-order chi connectivity index (χ1) is 3.80. The van der Waals surface area contributed by atoms with Crippen molar-refractivity contribution in [1.29, 1.82) is 0 Å². The van der Waals surface area contributed by atoms with E-state index in [1.807, 2.05) is 14.0 Å². The SMILES string of the molecule is Cc1cncn[n+]1C.